The molecule has 0 saturated carbocycles. The van der Waals surface area contributed by atoms with E-state index in [9.17, 15) is 18.0 Å². The van der Waals surface area contributed by atoms with Gasteiger partial charge in [0.1, 0.15) is 6.54 Å². The van der Waals surface area contributed by atoms with Gasteiger partial charge in [-0.2, -0.15) is 4.31 Å². The number of rotatable bonds is 7. The lowest BCUT2D eigenvalue weighted by Crippen LogP contribution is -2.33. The molecule has 1 heterocycles. The first kappa shape index (κ1) is 24.0. The van der Waals surface area contributed by atoms with E-state index in [1.807, 2.05) is 50.1 Å². The number of hydrogen-bond acceptors (Lipinski definition) is 6. The van der Waals surface area contributed by atoms with Crippen LogP contribution in [0.1, 0.15) is 19.4 Å². The van der Waals surface area contributed by atoms with Crippen LogP contribution in [-0.2, 0) is 29.8 Å². The number of ketones is 1. The summed E-state index contributed by atoms with van der Waals surface area (Å²) in [7, 11) is -0.741. The molecule has 0 saturated heterocycles. The number of allylic oxidation sites excluding steroid dienone is 1. The van der Waals surface area contributed by atoms with Crippen LogP contribution in [0.5, 0.6) is 0 Å². The van der Waals surface area contributed by atoms with Crippen molar-refractivity contribution < 1.29 is 22.7 Å². The maximum absolute atomic E-state index is 12.6. The lowest BCUT2D eigenvalue weighted by Gasteiger charge is -2.24. The zero-order chi connectivity index (χ0) is 23.7. The fourth-order valence-corrected chi connectivity index (χ4v) is 4.94. The Labute approximate surface area is 193 Å². The van der Waals surface area contributed by atoms with Gasteiger partial charge in [-0.05, 0) is 35.9 Å². The fourth-order valence-electron chi connectivity index (χ4n) is 3.70. The molecule has 0 amide bonds. The van der Waals surface area contributed by atoms with Crippen LogP contribution in [0.25, 0.3) is 0 Å². The normalized spacial score (nSPS) is 16.3. The number of esters is 1. The van der Waals surface area contributed by atoms with E-state index in [-0.39, 0.29) is 16.1 Å². The Balaban J connectivity index is 1.62. The van der Waals surface area contributed by atoms with Crippen LogP contribution in [0, 0.1) is 0 Å². The molecule has 7 nitrogen and oxygen atoms in total. The predicted molar refractivity (Wildman–Crippen MR) is 123 cm³/mol. The molecule has 0 bridgehead atoms. The molecule has 0 atom stereocenters. The third-order valence-corrected chi connectivity index (χ3v) is 7.56. The molecule has 1 aliphatic rings. The Morgan fingerprint density at radius 1 is 1.12 bits per heavy atom. The standard InChI is InChI=1S/C23H25ClN2O5S/c1-23(2)19-7-5-6-8-20(19)26(4)21(23)13-17(27)15-31-22(28)14-25(3)32(29,30)18-11-9-16(24)10-12-18/h5-13H,14-15H2,1-4H3. The fraction of sp³-hybridized carbons (Fsp3) is 0.304. The summed E-state index contributed by atoms with van der Waals surface area (Å²) in [5.74, 6) is -1.21. The summed E-state index contributed by atoms with van der Waals surface area (Å²) in [6, 6.07) is 13.5. The number of ether oxygens (including phenoxy) is 1. The molecule has 32 heavy (non-hydrogen) atoms. The topological polar surface area (TPSA) is 84.0 Å². The minimum atomic E-state index is -3.89. The lowest BCUT2D eigenvalue weighted by molar-refractivity contribution is -0.146. The number of fused-ring (bicyclic) bond motifs is 1. The van der Waals surface area contributed by atoms with E-state index in [4.69, 9.17) is 16.3 Å². The summed E-state index contributed by atoms with van der Waals surface area (Å²) < 4.78 is 31.0. The van der Waals surface area contributed by atoms with Crippen molar-refractivity contribution in [1.82, 2.24) is 4.31 Å². The molecule has 0 N–H and O–H groups in total. The summed E-state index contributed by atoms with van der Waals surface area (Å²) in [5.41, 5.74) is 2.54. The number of sulfonamides is 1. The van der Waals surface area contributed by atoms with Crippen molar-refractivity contribution in [3.63, 3.8) is 0 Å². The number of nitrogens with zero attached hydrogens (tertiary/aromatic N) is 2. The van der Waals surface area contributed by atoms with Gasteiger partial charge >= 0.3 is 5.97 Å². The van der Waals surface area contributed by atoms with Gasteiger partial charge in [-0.15, -0.1) is 0 Å². The second-order valence-electron chi connectivity index (χ2n) is 8.07. The van der Waals surface area contributed by atoms with E-state index in [1.54, 1.807) is 0 Å². The SMILES string of the molecule is CN1C(=CC(=O)COC(=O)CN(C)S(=O)(=O)c2ccc(Cl)cc2)C(C)(C)c2ccccc21. The van der Waals surface area contributed by atoms with Crippen molar-refractivity contribution in [2.75, 3.05) is 32.1 Å². The summed E-state index contributed by atoms with van der Waals surface area (Å²) in [6.07, 6.45) is 1.47. The number of carbonyl (C=O) groups is 2. The van der Waals surface area contributed by atoms with Gasteiger partial charge in [-0.3, -0.25) is 9.59 Å². The number of hydrogen-bond donors (Lipinski definition) is 0. The van der Waals surface area contributed by atoms with Crippen LogP contribution < -0.4 is 4.90 Å². The average Bonchev–Trinajstić information content (AvgIpc) is 2.93. The van der Waals surface area contributed by atoms with Gasteiger partial charge < -0.3 is 9.64 Å². The van der Waals surface area contributed by atoms with Gasteiger partial charge in [0, 0.05) is 42.0 Å². The summed E-state index contributed by atoms with van der Waals surface area (Å²) in [5, 5.41) is 0.401. The average molecular weight is 477 g/mol. The van der Waals surface area contributed by atoms with Gasteiger partial charge in [0.25, 0.3) is 0 Å². The molecule has 0 aromatic heterocycles. The Morgan fingerprint density at radius 3 is 2.38 bits per heavy atom. The molecule has 2 aromatic carbocycles. The maximum Gasteiger partial charge on any atom is 0.321 e. The summed E-state index contributed by atoms with van der Waals surface area (Å²) in [6.45, 7) is 3.05. The first-order chi connectivity index (χ1) is 14.9. The van der Waals surface area contributed by atoms with Crippen LogP contribution in [-0.4, -0.2) is 51.7 Å². The Kier molecular flexibility index (Phi) is 6.78. The first-order valence-corrected chi connectivity index (χ1v) is 11.7. The molecule has 0 radical (unpaired) electrons. The monoisotopic (exact) mass is 476 g/mol. The van der Waals surface area contributed by atoms with Crippen molar-refractivity contribution in [3.8, 4) is 0 Å². The van der Waals surface area contributed by atoms with Gasteiger partial charge in [-0.1, -0.05) is 43.6 Å². The Hall–Kier alpha value is -2.68. The second-order valence-corrected chi connectivity index (χ2v) is 10.6. The third-order valence-electron chi connectivity index (χ3n) is 5.49. The molecule has 0 aliphatic carbocycles. The maximum atomic E-state index is 12.6. The van der Waals surface area contributed by atoms with E-state index in [2.05, 4.69) is 0 Å². The van der Waals surface area contributed by atoms with Crippen LogP contribution in [0.3, 0.4) is 0 Å². The number of benzene rings is 2. The van der Waals surface area contributed by atoms with Gasteiger partial charge in [0.15, 0.2) is 12.4 Å². The van der Waals surface area contributed by atoms with E-state index in [0.29, 0.717) is 5.02 Å². The molecule has 0 fully saturated rings. The third kappa shape index (κ3) is 4.72. The largest absolute Gasteiger partial charge is 0.456 e. The second kappa shape index (κ2) is 9.05. The van der Waals surface area contributed by atoms with Crippen molar-refractivity contribution in [1.29, 1.82) is 0 Å². The molecular formula is C23H25ClN2O5S. The van der Waals surface area contributed by atoms with Crippen molar-refractivity contribution in [2.45, 2.75) is 24.2 Å². The number of halogens is 1. The highest BCUT2D eigenvalue weighted by Gasteiger charge is 2.38. The van der Waals surface area contributed by atoms with Gasteiger partial charge in [0.2, 0.25) is 10.0 Å². The van der Waals surface area contributed by atoms with Crippen LogP contribution in [0.2, 0.25) is 5.02 Å². The van der Waals surface area contributed by atoms with E-state index < -0.39 is 29.1 Å². The van der Waals surface area contributed by atoms with E-state index in [0.717, 1.165) is 21.3 Å². The molecule has 1 aliphatic heterocycles. The predicted octanol–water partition coefficient (Wildman–Crippen LogP) is 3.38. The van der Waals surface area contributed by atoms with Crippen molar-refractivity contribution in [3.05, 3.63) is 70.9 Å². The molecule has 170 valence electrons. The minimum Gasteiger partial charge on any atom is -0.456 e. The zero-order valence-electron chi connectivity index (χ0n) is 18.3. The smallest absolute Gasteiger partial charge is 0.321 e. The van der Waals surface area contributed by atoms with Gasteiger partial charge in [-0.25, -0.2) is 8.42 Å². The van der Waals surface area contributed by atoms with Crippen molar-refractivity contribution in [2.24, 2.45) is 0 Å². The number of likely N-dealkylation sites (N-methyl/N-ethyl adjacent to an activating group) is 2. The molecule has 9 heteroatoms. The van der Waals surface area contributed by atoms with E-state index >= 15 is 0 Å². The lowest BCUT2D eigenvalue weighted by atomic mass is 9.83. The van der Waals surface area contributed by atoms with Crippen LogP contribution in [0.4, 0.5) is 5.69 Å². The minimum absolute atomic E-state index is 0.00378. The Bertz CT molecular complexity index is 1170. The molecule has 3 rings (SSSR count). The van der Waals surface area contributed by atoms with E-state index in [1.165, 1.54) is 37.4 Å². The summed E-state index contributed by atoms with van der Waals surface area (Å²) >= 11 is 5.79. The highest BCUT2D eigenvalue weighted by Crippen LogP contribution is 2.46. The first-order valence-electron chi connectivity index (χ1n) is 9.90. The van der Waals surface area contributed by atoms with Crippen molar-refractivity contribution >= 4 is 39.1 Å². The molecular weight excluding hydrogens is 452 g/mol. The molecule has 0 unspecified atom stereocenters. The van der Waals surface area contributed by atoms with Crippen LogP contribution in [0.15, 0.2) is 65.2 Å². The quantitative estimate of drug-likeness (QED) is 0.450. The number of anilines is 1. The van der Waals surface area contributed by atoms with Gasteiger partial charge in [0.05, 0.1) is 4.90 Å². The molecule has 0 spiro atoms. The number of carbonyl (C=O) groups excluding carboxylic acids is 2. The van der Waals surface area contributed by atoms with Crippen LogP contribution >= 0.6 is 11.6 Å². The number of para-hydroxylation sites is 1. The Morgan fingerprint density at radius 2 is 1.75 bits per heavy atom. The molecule has 2 aromatic rings. The highest BCUT2D eigenvalue weighted by molar-refractivity contribution is 7.89. The highest BCUT2D eigenvalue weighted by atomic mass is 35.5. The summed E-state index contributed by atoms with van der Waals surface area (Å²) in [4.78, 5) is 26.6. The zero-order valence-corrected chi connectivity index (χ0v) is 19.9.